The molecule has 7 heteroatoms. The van der Waals surface area contributed by atoms with E-state index in [1.54, 1.807) is 35.7 Å². The monoisotopic (exact) mass is 341 g/mol. The minimum atomic E-state index is -0.0459. The summed E-state index contributed by atoms with van der Waals surface area (Å²) in [4.78, 5) is 20.8. The Balaban J connectivity index is 1.67. The van der Waals surface area contributed by atoms with Gasteiger partial charge in [-0.25, -0.2) is 4.98 Å². The number of hydrogen-bond acceptors (Lipinski definition) is 4. The summed E-state index contributed by atoms with van der Waals surface area (Å²) in [6, 6.07) is 4.97. The lowest BCUT2D eigenvalue weighted by molar-refractivity contribution is 0.0747. The van der Waals surface area contributed by atoms with E-state index in [9.17, 15) is 4.79 Å². The summed E-state index contributed by atoms with van der Waals surface area (Å²) in [6.07, 6.45) is 1.80. The molecule has 0 atom stereocenters. The van der Waals surface area contributed by atoms with Gasteiger partial charge in [-0.2, -0.15) is 0 Å². The third-order valence-corrected chi connectivity index (χ3v) is 4.80. The molecule has 0 unspecified atom stereocenters. The summed E-state index contributed by atoms with van der Waals surface area (Å²) < 4.78 is 0. The molecular formula is C14H13Cl2N3OS. The Morgan fingerprint density at radius 3 is 2.57 bits per heavy atom. The van der Waals surface area contributed by atoms with Gasteiger partial charge in [0.15, 0.2) is 5.13 Å². The van der Waals surface area contributed by atoms with Crippen molar-refractivity contribution < 1.29 is 4.79 Å². The fourth-order valence-electron chi connectivity index (χ4n) is 2.31. The SMILES string of the molecule is O=C(c1ccc(Cl)cc1Cl)N1CCN(c2nccs2)CC1. The van der Waals surface area contributed by atoms with Crippen LogP contribution in [0.1, 0.15) is 10.4 Å². The van der Waals surface area contributed by atoms with E-state index in [0.717, 1.165) is 18.2 Å². The van der Waals surface area contributed by atoms with Crippen molar-refractivity contribution in [1.82, 2.24) is 9.88 Å². The maximum Gasteiger partial charge on any atom is 0.255 e. The Kier molecular flexibility index (Phi) is 4.33. The number of benzene rings is 1. The van der Waals surface area contributed by atoms with Gasteiger partial charge in [-0.15, -0.1) is 11.3 Å². The number of anilines is 1. The quantitative estimate of drug-likeness (QED) is 0.839. The zero-order valence-corrected chi connectivity index (χ0v) is 13.5. The van der Waals surface area contributed by atoms with Gasteiger partial charge >= 0.3 is 0 Å². The molecule has 1 saturated heterocycles. The number of rotatable bonds is 2. The Morgan fingerprint density at radius 2 is 1.95 bits per heavy atom. The number of halogens is 2. The van der Waals surface area contributed by atoms with Crippen molar-refractivity contribution >= 4 is 45.6 Å². The molecule has 110 valence electrons. The molecule has 1 aromatic heterocycles. The highest BCUT2D eigenvalue weighted by Gasteiger charge is 2.24. The molecular weight excluding hydrogens is 329 g/mol. The average Bonchev–Trinajstić information content (AvgIpc) is 3.01. The van der Waals surface area contributed by atoms with Gasteiger partial charge in [0.25, 0.3) is 5.91 Å². The summed E-state index contributed by atoms with van der Waals surface area (Å²) in [6.45, 7) is 2.89. The molecule has 1 amide bonds. The Morgan fingerprint density at radius 1 is 1.19 bits per heavy atom. The largest absolute Gasteiger partial charge is 0.345 e. The number of carbonyl (C=O) groups excluding carboxylic acids is 1. The normalized spacial score (nSPS) is 15.3. The molecule has 1 aliphatic rings. The Hall–Kier alpha value is -1.30. The van der Waals surface area contributed by atoms with Crippen molar-refractivity contribution in [3.05, 3.63) is 45.4 Å². The van der Waals surface area contributed by atoms with Crippen LogP contribution in [0.25, 0.3) is 0 Å². The lowest BCUT2D eigenvalue weighted by Gasteiger charge is -2.34. The highest BCUT2D eigenvalue weighted by atomic mass is 35.5. The van der Waals surface area contributed by atoms with Gasteiger partial charge in [-0.05, 0) is 18.2 Å². The number of piperazine rings is 1. The zero-order chi connectivity index (χ0) is 14.8. The second-order valence-corrected chi connectivity index (χ2v) is 6.43. The van der Waals surface area contributed by atoms with Crippen LogP contribution in [-0.4, -0.2) is 42.0 Å². The van der Waals surface area contributed by atoms with Gasteiger partial charge in [0.05, 0.1) is 10.6 Å². The first-order valence-electron chi connectivity index (χ1n) is 6.54. The van der Waals surface area contributed by atoms with Gasteiger partial charge in [0.2, 0.25) is 0 Å². The molecule has 0 radical (unpaired) electrons. The highest BCUT2D eigenvalue weighted by Crippen LogP contribution is 2.24. The zero-order valence-electron chi connectivity index (χ0n) is 11.1. The molecule has 1 aromatic carbocycles. The van der Waals surface area contributed by atoms with Crippen LogP contribution in [0.2, 0.25) is 10.0 Å². The smallest absolute Gasteiger partial charge is 0.255 e. The van der Waals surface area contributed by atoms with E-state index in [-0.39, 0.29) is 5.91 Å². The third-order valence-electron chi connectivity index (χ3n) is 3.42. The van der Waals surface area contributed by atoms with Crippen molar-refractivity contribution in [3.8, 4) is 0 Å². The summed E-state index contributed by atoms with van der Waals surface area (Å²) >= 11 is 13.6. The summed E-state index contributed by atoms with van der Waals surface area (Å²) in [5, 5.41) is 3.90. The van der Waals surface area contributed by atoms with Crippen molar-refractivity contribution in [2.75, 3.05) is 31.1 Å². The highest BCUT2D eigenvalue weighted by molar-refractivity contribution is 7.13. The van der Waals surface area contributed by atoms with E-state index in [2.05, 4.69) is 9.88 Å². The first-order chi connectivity index (χ1) is 10.1. The Bertz CT molecular complexity index is 640. The number of nitrogens with zero attached hydrogens (tertiary/aromatic N) is 3. The molecule has 2 aromatic rings. The second-order valence-electron chi connectivity index (χ2n) is 4.72. The van der Waals surface area contributed by atoms with Crippen molar-refractivity contribution in [2.45, 2.75) is 0 Å². The number of carbonyl (C=O) groups is 1. The van der Waals surface area contributed by atoms with E-state index in [1.807, 2.05) is 10.3 Å². The van der Waals surface area contributed by atoms with Gasteiger partial charge in [0, 0.05) is 42.8 Å². The minimum Gasteiger partial charge on any atom is -0.345 e. The van der Waals surface area contributed by atoms with Crippen molar-refractivity contribution in [3.63, 3.8) is 0 Å². The minimum absolute atomic E-state index is 0.0459. The summed E-state index contributed by atoms with van der Waals surface area (Å²) in [7, 11) is 0. The molecule has 0 N–H and O–H groups in total. The van der Waals surface area contributed by atoms with Crippen LogP contribution >= 0.6 is 34.5 Å². The predicted octanol–water partition coefficient (Wildman–Crippen LogP) is 3.41. The van der Waals surface area contributed by atoms with E-state index in [0.29, 0.717) is 28.7 Å². The van der Waals surface area contributed by atoms with E-state index in [4.69, 9.17) is 23.2 Å². The van der Waals surface area contributed by atoms with Crippen LogP contribution in [0.5, 0.6) is 0 Å². The van der Waals surface area contributed by atoms with Gasteiger partial charge in [0.1, 0.15) is 0 Å². The van der Waals surface area contributed by atoms with Crippen LogP contribution in [0.3, 0.4) is 0 Å². The van der Waals surface area contributed by atoms with Crippen molar-refractivity contribution in [2.24, 2.45) is 0 Å². The maximum absolute atomic E-state index is 12.5. The lowest BCUT2D eigenvalue weighted by Crippen LogP contribution is -2.48. The van der Waals surface area contributed by atoms with Crippen LogP contribution < -0.4 is 4.90 Å². The first kappa shape index (κ1) is 14.6. The molecule has 3 rings (SSSR count). The van der Waals surface area contributed by atoms with Crippen molar-refractivity contribution in [1.29, 1.82) is 0 Å². The topological polar surface area (TPSA) is 36.4 Å². The van der Waals surface area contributed by atoms with E-state index in [1.165, 1.54) is 0 Å². The Labute approximate surface area is 136 Å². The predicted molar refractivity (Wildman–Crippen MR) is 86.7 cm³/mol. The average molecular weight is 342 g/mol. The number of aromatic nitrogens is 1. The van der Waals surface area contributed by atoms with E-state index < -0.39 is 0 Å². The van der Waals surface area contributed by atoms with Crippen LogP contribution in [-0.2, 0) is 0 Å². The first-order valence-corrected chi connectivity index (χ1v) is 8.17. The third kappa shape index (κ3) is 3.15. The molecule has 0 spiro atoms. The molecule has 1 aliphatic heterocycles. The van der Waals surface area contributed by atoms with Gasteiger partial charge in [-0.3, -0.25) is 4.79 Å². The number of amides is 1. The number of hydrogen-bond donors (Lipinski definition) is 0. The molecule has 0 aliphatic carbocycles. The second kappa shape index (κ2) is 6.22. The molecule has 0 bridgehead atoms. The van der Waals surface area contributed by atoms with Crippen LogP contribution in [0, 0.1) is 0 Å². The fourth-order valence-corrected chi connectivity index (χ4v) is 3.49. The summed E-state index contributed by atoms with van der Waals surface area (Å²) in [5.74, 6) is -0.0459. The summed E-state index contributed by atoms with van der Waals surface area (Å²) in [5.41, 5.74) is 0.503. The molecule has 4 nitrogen and oxygen atoms in total. The number of thiazole rings is 1. The van der Waals surface area contributed by atoms with Gasteiger partial charge < -0.3 is 9.80 Å². The van der Waals surface area contributed by atoms with Crippen LogP contribution in [0.15, 0.2) is 29.8 Å². The molecule has 21 heavy (non-hydrogen) atoms. The van der Waals surface area contributed by atoms with E-state index >= 15 is 0 Å². The fraction of sp³-hybridized carbons (Fsp3) is 0.286. The maximum atomic E-state index is 12.5. The molecule has 2 heterocycles. The van der Waals surface area contributed by atoms with Crippen LogP contribution in [0.4, 0.5) is 5.13 Å². The lowest BCUT2D eigenvalue weighted by atomic mass is 10.2. The molecule has 0 saturated carbocycles. The molecule has 1 fully saturated rings. The standard InChI is InChI=1S/C14H13Cl2N3OS/c15-10-1-2-11(12(16)9-10)13(20)18-4-6-19(7-5-18)14-17-3-8-21-14/h1-3,8-9H,4-7H2. The van der Waals surface area contributed by atoms with Gasteiger partial charge in [-0.1, -0.05) is 23.2 Å².